The average Bonchev–Trinajstić information content (AvgIpc) is 2.00. The standard InChI is InChI=1S/C10H10Cl2/c1-6(2)8-5-4-7(3)9(11)10(8)12/h4-5H,1H2,2-3H3. The van der Waals surface area contributed by atoms with Crippen LogP contribution in [0.2, 0.25) is 10.0 Å². The number of rotatable bonds is 1. The van der Waals surface area contributed by atoms with E-state index in [0.717, 1.165) is 16.7 Å². The predicted octanol–water partition coefficient (Wildman–Crippen LogP) is 4.33. The molecular formula is C10H10Cl2. The fourth-order valence-electron chi connectivity index (χ4n) is 0.976. The molecule has 12 heavy (non-hydrogen) atoms. The van der Waals surface area contributed by atoms with Gasteiger partial charge in [0, 0.05) is 0 Å². The van der Waals surface area contributed by atoms with E-state index in [1.54, 1.807) is 0 Å². The van der Waals surface area contributed by atoms with Gasteiger partial charge in [0.15, 0.2) is 0 Å². The zero-order valence-electron chi connectivity index (χ0n) is 7.12. The molecule has 0 aromatic heterocycles. The van der Waals surface area contributed by atoms with E-state index >= 15 is 0 Å². The molecular weight excluding hydrogens is 191 g/mol. The Kier molecular flexibility index (Phi) is 2.81. The van der Waals surface area contributed by atoms with Crippen LogP contribution in [0, 0.1) is 6.92 Å². The molecule has 0 atom stereocenters. The Bertz CT molecular complexity index is 327. The Balaban J connectivity index is 3.36. The fraction of sp³-hybridized carbons (Fsp3) is 0.200. The van der Waals surface area contributed by atoms with Gasteiger partial charge >= 0.3 is 0 Å². The normalized spacial score (nSPS) is 10.0. The lowest BCUT2D eigenvalue weighted by atomic mass is 10.1. The number of allylic oxidation sites excluding steroid dienone is 1. The monoisotopic (exact) mass is 200 g/mol. The van der Waals surface area contributed by atoms with E-state index in [9.17, 15) is 0 Å². The molecule has 0 aliphatic rings. The minimum absolute atomic E-state index is 0.601. The molecule has 0 radical (unpaired) electrons. The summed E-state index contributed by atoms with van der Waals surface area (Å²) in [7, 11) is 0. The highest BCUT2D eigenvalue weighted by molar-refractivity contribution is 6.43. The van der Waals surface area contributed by atoms with E-state index in [1.807, 2.05) is 26.0 Å². The van der Waals surface area contributed by atoms with Crippen molar-refractivity contribution in [1.82, 2.24) is 0 Å². The lowest BCUT2D eigenvalue weighted by Gasteiger charge is -2.06. The van der Waals surface area contributed by atoms with E-state index in [-0.39, 0.29) is 0 Å². The number of aryl methyl sites for hydroxylation is 1. The summed E-state index contributed by atoms with van der Waals surface area (Å²) in [5.74, 6) is 0. The van der Waals surface area contributed by atoms with E-state index in [2.05, 4.69) is 6.58 Å². The van der Waals surface area contributed by atoms with Gasteiger partial charge in [0.25, 0.3) is 0 Å². The Morgan fingerprint density at radius 3 is 2.33 bits per heavy atom. The first-order chi connectivity index (χ1) is 5.54. The van der Waals surface area contributed by atoms with Gasteiger partial charge < -0.3 is 0 Å². The molecule has 0 fully saturated rings. The van der Waals surface area contributed by atoms with Gasteiger partial charge in [-0.1, -0.05) is 41.9 Å². The minimum Gasteiger partial charge on any atom is -0.0955 e. The lowest BCUT2D eigenvalue weighted by molar-refractivity contribution is 1.44. The highest BCUT2D eigenvalue weighted by Gasteiger charge is 2.06. The zero-order chi connectivity index (χ0) is 9.30. The Labute approximate surface area is 82.8 Å². The molecule has 1 rings (SSSR count). The maximum absolute atomic E-state index is 6.00. The number of halogens is 2. The number of hydrogen-bond donors (Lipinski definition) is 0. The maximum atomic E-state index is 6.00. The van der Waals surface area contributed by atoms with Crippen LogP contribution >= 0.6 is 23.2 Å². The highest BCUT2D eigenvalue weighted by Crippen LogP contribution is 2.32. The van der Waals surface area contributed by atoms with Gasteiger partial charge in [0.1, 0.15) is 0 Å². The van der Waals surface area contributed by atoms with Crippen molar-refractivity contribution in [3.8, 4) is 0 Å². The molecule has 0 bridgehead atoms. The van der Waals surface area contributed by atoms with Crippen LogP contribution in [0.1, 0.15) is 18.1 Å². The average molecular weight is 201 g/mol. The second-order valence-corrected chi connectivity index (χ2v) is 3.59. The molecule has 0 N–H and O–H groups in total. The summed E-state index contributed by atoms with van der Waals surface area (Å²) >= 11 is 12.0. The van der Waals surface area contributed by atoms with Crippen LogP contribution in [-0.2, 0) is 0 Å². The number of benzene rings is 1. The Morgan fingerprint density at radius 1 is 1.25 bits per heavy atom. The van der Waals surface area contributed by atoms with E-state index < -0.39 is 0 Å². The van der Waals surface area contributed by atoms with Crippen molar-refractivity contribution in [2.24, 2.45) is 0 Å². The zero-order valence-corrected chi connectivity index (χ0v) is 8.63. The third kappa shape index (κ3) is 1.65. The van der Waals surface area contributed by atoms with Crippen molar-refractivity contribution in [2.75, 3.05) is 0 Å². The van der Waals surface area contributed by atoms with Gasteiger partial charge in [-0.15, -0.1) is 0 Å². The van der Waals surface area contributed by atoms with Crippen LogP contribution < -0.4 is 0 Å². The maximum Gasteiger partial charge on any atom is 0.0669 e. The summed E-state index contributed by atoms with van der Waals surface area (Å²) < 4.78 is 0. The van der Waals surface area contributed by atoms with Crippen molar-refractivity contribution < 1.29 is 0 Å². The molecule has 0 saturated heterocycles. The first-order valence-electron chi connectivity index (χ1n) is 3.64. The molecule has 0 unspecified atom stereocenters. The summed E-state index contributed by atoms with van der Waals surface area (Å²) in [5, 5.41) is 1.22. The molecule has 0 nitrogen and oxygen atoms in total. The van der Waals surface area contributed by atoms with Crippen LogP contribution in [0.3, 0.4) is 0 Å². The van der Waals surface area contributed by atoms with Gasteiger partial charge in [-0.3, -0.25) is 0 Å². The van der Waals surface area contributed by atoms with Gasteiger partial charge in [0.05, 0.1) is 10.0 Å². The summed E-state index contributed by atoms with van der Waals surface area (Å²) in [6, 6.07) is 3.88. The number of hydrogen-bond acceptors (Lipinski definition) is 0. The fourth-order valence-corrected chi connectivity index (χ4v) is 1.51. The van der Waals surface area contributed by atoms with Gasteiger partial charge in [-0.05, 0) is 30.5 Å². The summed E-state index contributed by atoms with van der Waals surface area (Å²) in [4.78, 5) is 0. The van der Waals surface area contributed by atoms with E-state index in [4.69, 9.17) is 23.2 Å². The molecule has 0 spiro atoms. The van der Waals surface area contributed by atoms with Crippen molar-refractivity contribution in [3.05, 3.63) is 39.9 Å². The molecule has 64 valence electrons. The minimum atomic E-state index is 0.601. The first-order valence-corrected chi connectivity index (χ1v) is 4.40. The smallest absolute Gasteiger partial charge is 0.0669 e. The summed E-state index contributed by atoms with van der Waals surface area (Å²) in [5.41, 5.74) is 2.85. The van der Waals surface area contributed by atoms with Crippen LogP contribution in [0.5, 0.6) is 0 Å². The molecule has 0 saturated carbocycles. The van der Waals surface area contributed by atoms with Crippen molar-refractivity contribution in [2.45, 2.75) is 13.8 Å². The molecule has 0 aliphatic carbocycles. The van der Waals surface area contributed by atoms with E-state index in [0.29, 0.717) is 10.0 Å². The second kappa shape index (κ2) is 3.51. The SMILES string of the molecule is C=C(C)c1ccc(C)c(Cl)c1Cl. The topological polar surface area (TPSA) is 0 Å². The lowest BCUT2D eigenvalue weighted by Crippen LogP contribution is -1.84. The quantitative estimate of drug-likeness (QED) is 0.634. The molecule has 0 amide bonds. The molecule has 2 heteroatoms. The van der Waals surface area contributed by atoms with Crippen LogP contribution in [0.25, 0.3) is 5.57 Å². The van der Waals surface area contributed by atoms with E-state index in [1.165, 1.54) is 0 Å². The molecule has 1 aromatic rings. The predicted molar refractivity (Wildman–Crippen MR) is 55.9 cm³/mol. The Morgan fingerprint density at radius 2 is 1.83 bits per heavy atom. The summed E-state index contributed by atoms with van der Waals surface area (Å²) in [6.45, 7) is 7.65. The first kappa shape index (κ1) is 9.63. The second-order valence-electron chi connectivity index (χ2n) is 2.84. The summed E-state index contributed by atoms with van der Waals surface area (Å²) in [6.07, 6.45) is 0. The van der Waals surface area contributed by atoms with Crippen molar-refractivity contribution in [1.29, 1.82) is 0 Å². The Hall–Kier alpha value is -0.460. The molecule has 1 aromatic carbocycles. The van der Waals surface area contributed by atoms with Gasteiger partial charge in [-0.25, -0.2) is 0 Å². The largest absolute Gasteiger partial charge is 0.0955 e. The molecule has 0 heterocycles. The van der Waals surface area contributed by atoms with Gasteiger partial charge in [0.2, 0.25) is 0 Å². The van der Waals surface area contributed by atoms with Crippen LogP contribution in [0.4, 0.5) is 0 Å². The van der Waals surface area contributed by atoms with Crippen molar-refractivity contribution >= 4 is 28.8 Å². The van der Waals surface area contributed by atoms with Crippen molar-refractivity contribution in [3.63, 3.8) is 0 Å². The van der Waals surface area contributed by atoms with Gasteiger partial charge in [-0.2, -0.15) is 0 Å². The third-order valence-electron chi connectivity index (χ3n) is 1.74. The molecule has 0 aliphatic heterocycles. The third-order valence-corrected chi connectivity index (χ3v) is 2.71. The highest BCUT2D eigenvalue weighted by atomic mass is 35.5. The van der Waals surface area contributed by atoms with Crippen LogP contribution in [-0.4, -0.2) is 0 Å². The van der Waals surface area contributed by atoms with Crippen LogP contribution in [0.15, 0.2) is 18.7 Å².